The molecular weight excluding hydrogens is 238 g/mol. The zero-order valence-electron chi connectivity index (χ0n) is 10.5. The molecule has 98 valence electrons. The lowest BCUT2D eigenvalue weighted by Crippen LogP contribution is -2.39. The summed E-state index contributed by atoms with van der Waals surface area (Å²) in [4.78, 5) is 14.0. The Kier molecular flexibility index (Phi) is 3.99. The smallest absolute Gasteiger partial charge is 0.240 e. The summed E-state index contributed by atoms with van der Waals surface area (Å²) in [6, 6.07) is 0. The molecule has 17 heavy (non-hydrogen) atoms. The van der Waals surface area contributed by atoms with Gasteiger partial charge in [-0.25, -0.2) is 0 Å². The summed E-state index contributed by atoms with van der Waals surface area (Å²) in [6.45, 7) is 3.64. The third kappa shape index (κ3) is 2.32. The van der Waals surface area contributed by atoms with Gasteiger partial charge in [0, 0.05) is 18.5 Å². The number of likely N-dealkylation sites (tertiary alicyclic amines) is 1. The quantitative estimate of drug-likeness (QED) is 0.788. The minimum Gasteiger partial charge on any atom is -0.396 e. The Hall–Kier alpha value is -0.280. The molecule has 0 aromatic heterocycles. The number of hydrogen-bond acceptors (Lipinski definition) is 2. The van der Waals surface area contributed by atoms with E-state index in [-0.39, 0.29) is 17.9 Å². The van der Waals surface area contributed by atoms with Crippen LogP contribution in [-0.2, 0) is 4.79 Å². The first-order chi connectivity index (χ1) is 8.13. The van der Waals surface area contributed by atoms with Gasteiger partial charge >= 0.3 is 0 Å². The van der Waals surface area contributed by atoms with Crippen LogP contribution in [0.25, 0.3) is 0 Å². The van der Waals surface area contributed by atoms with Gasteiger partial charge in [-0.2, -0.15) is 0 Å². The van der Waals surface area contributed by atoms with E-state index >= 15 is 0 Å². The molecule has 3 nitrogen and oxygen atoms in total. The van der Waals surface area contributed by atoms with E-state index in [1.807, 2.05) is 11.8 Å². The van der Waals surface area contributed by atoms with Gasteiger partial charge in [0.05, 0.1) is 6.61 Å². The number of halogens is 1. The molecule has 1 saturated carbocycles. The number of hydrogen-bond donors (Lipinski definition) is 1. The molecule has 0 aromatic carbocycles. The Morgan fingerprint density at radius 1 is 1.59 bits per heavy atom. The summed E-state index contributed by atoms with van der Waals surface area (Å²) in [6.07, 6.45) is 5.28. The van der Waals surface area contributed by atoms with Crippen molar-refractivity contribution in [3.63, 3.8) is 0 Å². The zero-order valence-corrected chi connectivity index (χ0v) is 11.2. The van der Waals surface area contributed by atoms with E-state index in [9.17, 15) is 9.90 Å². The largest absolute Gasteiger partial charge is 0.396 e. The van der Waals surface area contributed by atoms with Gasteiger partial charge in [-0.05, 0) is 25.2 Å². The van der Waals surface area contributed by atoms with Crippen LogP contribution in [0.3, 0.4) is 0 Å². The Morgan fingerprint density at radius 3 is 2.94 bits per heavy atom. The number of amides is 1. The van der Waals surface area contributed by atoms with Crippen LogP contribution in [0, 0.1) is 11.3 Å². The Balaban J connectivity index is 2.08. The summed E-state index contributed by atoms with van der Waals surface area (Å²) in [5.74, 6) is 0.530. The molecule has 0 radical (unpaired) electrons. The van der Waals surface area contributed by atoms with Gasteiger partial charge in [-0.3, -0.25) is 4.79 Å². The number of aliphatic hydroxyl groups is 1. The SMILES string of the molecule is CC[C@H](Cl)C(=O)N1C[C@@H]2CCCC[C@@]2(CO)C1. The van der Waals surface area contributed by atoms with Crippen LogP contribution in [0.15, 0.2) is 0 Å². The predicted octanol–water partition coefficient (Wildman–Crippen LogP) is 2.01. The molecule has 1 amide bonds. The molecule has 0 aromatic rings. The van der Waals surface area contributed by atoms with Crippen LogP contribution in [0.4, 0.5) is 0 Å². The predicted molar refractivity (Wildman–Crippen MR) is 68.0 cm³/mol. The highest BCUT2D eigenvalue weighted by Gasteiger charge is 2.48. The van der Waals surface area contributed by atoms with Crippen LogP contribution in [0.1, 0.15) is 39.0 Å². The average molecular weight is 260 g/mol. The number of carbonyl (C=O) groups excluding carboxylic acids is 1. The minimum atomic E-state index is -0.397. The second-order valence-electron chi connectivity index (χ2n) is 5.56. The summed E-state index contributed by atoms with van der Waals surface area (Å²) in [5.41, 5.74) is -0.0295. The molecule has 1 aliphatic heterocycles. The van der Waals surface area contributed by atoms with Gasteiger partial charge in [0.2, 0.25) is 5.91 Å². The van der Waals surface area contributed by atoms with E-state index in [1.165, 1.54) is 12.8 Å². The highest BCUT2D eigenvalue weighted by molar-refractivity contribution is 6.30. The van der Waals surface area contributed by atoms with Crippen LogP contribution < -0.4 is 0 Å². The molecular formula is C13H22ClNO2. The fourth-order valence-corrected chi connectivity index (χ4v) is 3.52. The number of aliphatic hydroxyl groups excluding tert-OH is 1. The van der Waals surface area contributed by atoms with Crippen molar-refractivity contribution in [2.24, 2.45) is 11.3 Å². The molecule has 0 unspecified atom stereocenters. The van der Waals surface area contributed by atoms with Crippen molar-refractivity contribution in [1.82, 2.24) is 4.90 Å². The van der Waals surface area contributed by atoms with Crippen molar-refractivity contribution in [1.29, 1.82) is 0 Å². The fraction of sp³-hybridized carbons (Fsp3) is 0.923. The third-order valence-electron chi connectivity index (χ3n) is 4.54. The van der Waals surface area contributed by atoms with Crippen LogP contribution in [-0.4, -0.2) is 41.0 Å². The summed E-state index contributed by atoms with van der Waals surface area (Å²) in [5, 5.41) is 9.28. The third-order valence-corrected chi connectivity index (χ3v) is 5.04. The average Bonchev–Trinajstić information content (AvgIpc) is 2.76. The van der Waals surface area contributed by atoms with E-state index in [4.69, 9.17) is 11.6 Å². The van der Waals surface area contributed by atoms with Crippen LogP contribution in [0.5, 0.6) is 0 Å². The molecule has 1 aliphatic carbocycles. The molecule has 0 bridgehead atoms. The molecule has 2 aliphatic rings. The van der Waals surface area contributed by atoms with Gasteiger partial charge in [0.15, 0.2) is 0 Å². The lowest BCUT2D eigenvalue weighted by atomic mass is 9.69. The molecule has 2 fully saturated rings. The van der Waals surface area contributed by atoms with E-state index in [1.54, 1.807) is 0 Å². The monoisotopic (exact) mass is 259 g/mol. The molecule has 3 atom stereocenters. The standard InChI is InChI=1S/C13H22ClNO2/c1-2-11(14)12(17)15-7-10-5-3-4-6-13(10,8-15)9-16/h10-11,16H,2-9H2,1H3/t10-,11-,13-/m0/s1. The maximum absolute atomic E-state index is 12.1. The first-order valence-electron chi connectivity index (χ1n) is 6.66. The number of nitrogens with zero attached hydrogens (tertiary/aromatic N) is 1. The number of rotatable bonds is 3. The van der Waals surface area contributed by atoms with Crippen LogP contribution >= 0.6 is 11.6 Å². The first kappa shape index (κ1) is 13.2. The second kappa shape index (κ2) is 5.15. The fourth-order valence-electron chi connectivity index (χ4n) is 3.38. The summed E-state index contributed by atoms with van der Waals surface area (Å²) < 4.78 is 0. The molecule has 0 spiro atoms. The zero-order chi connectivity index (χ0) is 12.5. The van der Waals surface area contributed by atoms with Crippen molar-refractivity contribution in [3.05, 3.63) is 0 Å². The Labute approximate surface area is 108 Å². The lowest BCUT2D eigenvalue weighted by Gasteiger charge is -2.36. The Morgan fingerprint density at radius 2 is 2.35 bits per heavy atom. The number of alkyl halides is 1. The van der Waals surface area contributed by atoms with E-state index in [2.05, 4.69) is 0 Å². The Bertz CT molecular complexity index is 297. The van der Waals surface area contributed by atoms with E-state index in [0.717, 1.165) is 19.4 Å². The maximum atomic E-state index is 12.1. The van der Waals surface area contributed by atoms with Gasteiger partial charge in [-0.1, -0.05) is 19.8 Å². The van der Waals surface area contributed by atoms with Crippen molar-refractivity contribution in [3.8, 4) is 0 Å². The van der Waals surface area contributed by atoms with Crippen molar-refractivity contribution in [2.75, 3.05) is 19.7 Å². The second-order valence-corrected chi connectivity index (χ2v) is 6.08. The molecule has 1 heterocycles. The molecule has 4 heteroatoms. The van der Waals surface area contributed by atoms with Crippen molar-refractivity contribution < 1.29 is 9.90 Å². The minimum absolute atomic E-state index is 0.0295. The maximum Gasteiger partial charge on any atom is 0.240 e. The van der Waals surface area contributed by atoms with E-state index < -0.39 is 5.38 Å². The van der Waals surface area contributed by atoms with Gasteiger partial charge in [-0.15, -0.1) is 11.6 Å². The number of carbonyl (C=O) groups is 1. The topological polar surface area (TPSA) is 40.5 Å². The van der Waals surface area contributed by atoms with Gasteiger partial charge in [0.1, 0.15) is 5.38 Å². The highest BCUT2D eigenvalue weighted by atomic mass is 35.5. The van der Waals surface area contributed by atoms with Gasteiger partial charge in [0.25, 0.3) is 0 Å². The van der Waals surface area contributed by atoms with Crippen molar-refractivity contribution >= 4 is 17.5 Å². The first-order valence-corrected chi connectivity index (χ1v) is 7.10. The summed E-state index contributed by atoms with van der Waals surface area (Å²) >= 11 is 6.03. The van der Waals surface area contributed by atoms with Gasteiger partial charge < -0.3 is 10.0 Å². The van der Waals surface area contributed by atoms with E-state index in [0.29, 0.717) is 18.9 Å². The highest BCUT2D eigenvalue weighted by Crippen LogP contribution is 2.46. The van der Waals surface area contributed by atoms with Crippen LogP contribution in [0.2, 0.25) is 0 Å². The number of fused-ring (bicyclic) bond motifs is 1. The van der Waals surface area contributed by atoms with Crippen molar-refractivity contribution in [2.45, 2.75) is 44.4 Å². The lowest BCUT2D eigenvalue weighted by molar-refractivity contribution is -0.130. The molecule has 2 rings (SSSR count). The normalized spacial score (nSPS) is 34.5. The summed E-state index contributed by atoms with van der Waals surface area (Å²) in [7, 11) is 0. The molecule has 1 saturated heterocycles. The molecule has 1 N–H and O–H groups in total.